The van der Waals surface area contributed by atoms with Crippen LogP contribution in [0.25, 0.3) is 11.3 Å². The van der Waals surface area contributed by atoms with Crippen molar-refractivity contribution < 1.29 is 9.53 Å². The number of nitrogens with one attached hydrogen (secondary N) is 1. The van der Waals surface area contributed by atoms with E-state index in [2.05, 4.69) is 10.4 Å². The number of urea groups is 1. The fraction of sp³-hybridized carbons (Fsp3) is 0.444. The number of nitrogens with zero attached hydrogens (tertiary/aromatic N) is 3. The van der Waals surface area contributed by atoms with Crippen LogP contribution in [0.5, 0.6) is 0 Å². The quantitative estimate of drug-likeness (QED) is 0.937. The number of aryl methyl sites for hydroxylation is 1. The number of likely N-dealkylation sites (tertiary alicyclic amines) is 1. The molecule has 0 radical (unpaired) electrons. The average molecular weight is 328 g/mol. The molecule has 6 heteroatoms. The Kier molecular flexibility index (Phi) is 5.15. The maximum Gasteiger partial charge on any atom is 0.317 e. The zero-order chi connectivity index (χ0) is 16.9. The van der Waals surface area contributed by atoms with E-state index in [0.29, 0.717) is 13.1 Å². The van der Waals surface area contributed by atoms with E-state index < -0.39 is 0 Å². The highest BCUT2D eigenvalue weighted by Gasteiger charge is 2.23. The van der Waals surface area contributed by atoms with Gasteiger partial charge in [0.25, 0.3) is 0 Å². The zero-order valence-electron chi connectivity index (χ0n) is 14.2. The summed E-state index contributed by atoms with van der Waals surface area (Å²) < 4.78 is 7.16. The number of amides is 2. The van der Waals surface area contributed by atoms with Gasteiger partial charge in [-0.2, -0.15) is 5.10 Å². The third-order valence-corrected chi connectivity index (χ3v) is 4.38. The van der Waals surface area contributed by atoms with Crippen molar-refractivity contribution >= 4 is 6.03 Å². The van der Waals surface area contributed by atoms with Crippen LogP contribution >= 0.6 is 0 Å². The molecule has 6 nitrogen and oxygen atoms in total. The van der Waals surface area contributed by atoms with E-state index in [1.165, 1.54) is 0 Å². The summed E-state index contributed by atoms with van der Waals surface area (Å²) in [4.78, 5) is 14.2. The maximum absolute atomic E-state index is 12.4. The number of hydrogen-bond donors (Lipinski definition) is 1. The van der Waals surface area contributed by atoms with Crippen LogP contribution in [0.2, 0.25) is 0 Å². The molecule has 128 valence electrons. The van der Waals surface area contributed by atoms with Gasteiger partial charge in [-0.3, -0.25) is 4.68 Å². The van der Waals surface area contributed by atoms with Crippen molar-refractivity contribution in [1.29, 1.82) is 0 Å². The first-order valence-corrected chi connectivity index (χ1v) is 8.31. The lowest BCUT2D eigenvalue weighted by atomic mass is 10.1. The van der Waals surface area contributed by atoms with Crippen LogP contribution in [-0.2, 0) is 18.3 Å². The Morgan fingerprint density at radius 1 is 1.38 bits per heavy atom. The van der Waals surface area contributed by atoms with Crippen LogP contribution in [0.15, 0.2) is 36.5 Å². The predicted octanol–water partition coefficient (Wildman–Crippen LogP) is 2.41. The largest absolute Gasteiger partial charge is 0.380 e. The van der Waals surface area contributed by atoms with Crippen molar-refractivity contribution in [3.63, 3.8) is 0 Å². The number of benzene rings is 1. The molecule has 0 bridgehead atoms. The number of aromatic nitrogens is 2. The number of methoxy groups -OCH3 is 1. The van der Waals surface area contributed by atoms with Crippen molar-refractivity contribution in [3.8, 4) is 11.3 Å². The Morgan fingerprint density at radius 3 is 2.92 bits per heavy atom. The van der Waals surface area contributed by atoms with E-state index in [1.807, 2.05) is 48.5 Å². The van der Waals surface area contributed by atoms with Gasteiger partial charge in [0, 0.05) is 51.1 Å². The van der Waals surface area contributed by atoms with Gasteiger partial charge in [0.15, 0.2) is 0 Å². The molecular weight excluding hydrogens is 304 g/mol. The second-order valence-corrected chi connectivity index (χ2v) is 6.15. The minimum Gasteiger partial charge on any atom is -0.380 e. The first-order chi connectivity index (χ1) is 11.7. The zero-order valence-corrected chi connectivity index (χ0v) is 14.2. The van der Waals surface area contributed by atoms with E-state index in [1.54, 1.807) is 11.8 Å². The second-order valence-electron chi connectivity index (χ2n) is 6.15. The fourth-order valence-electron chi connectivity index (χ4n) is 3.10. The molecular formula is C18H24N4O2. The van der Waals surface area contributed by atoms with Crippen LogP contribution in [0, 0.1) is 0 Å². The fourth-order valence-corrected chi connectivity index (χ4v) is 3.10. The van der Waals surface area contributed by atoms with Crippen LogP contribution in [0.1, 0.15) is 18.4 Å². The number of rotatable bonds is 4. The Morgan fingerprint density at radius 2 is 2.17 bits per heavy atom. The molecule has 1 atom stereocenters. The molecule has 1 aromatic heterocycles. The normalized spacial score (nSPS) is 17.8. The monoisotopic (exact) mass is 328 g/mol. The van der Waals surface area contributed by atoms with Crippen molar-refractivity contribution in [3.05, 3.63) is 42.1 Å². The van der Waals surface area contributed by atoms with Gasteiger partial charge in [-0.25, -0.2) is 4.79 Å². The molecule has 24 heavy (non-hydrogen) atoms. The molecule has 0 saturated carbocycles. The summed E-state index contributed by atoms with van der Waals surface area (Å²) in [5.41, 5.74) is 2.98. The predicted molar refractivity (Wildman–Crippen MR) is 92.5 cm³/mol. The highest BCUT2D eigenvalue weighted by Crippen LogP contribution is 2.21. The topological polar surface area (TPSA) is 59.4 Å². The summed E-state index contributed by atoms with van der Waals surface area (Å²) in [6, 6.07) is 9.98. The summed E-state index contributed by atoms with van der Waals surface area (Å²) in [7, 11) is 3.60. The maximum atomic E-state index is 12.4. The molecule has 3 rings (SSSR count). The molecule has 1 N–H and O–H groups in total. The van der Waals surface area contributed by atoms with Crippen LogP contribution in [0.4, 0.5) is 4.79 Å². The second kappa shape index (κ2) is 7.49. The summed E-state index contributed by atoms with van der Waals surface area (Å²) in [6.07, 6.45) is 4.09. The van der Waals surface area contributed by atoms with Gasteiger partial charge >= 0.3 is 6.03 Å². The molecule has 0 spiro atoms. The van der Waals surface area contributed by atoms with Crippen LogP contribution in [0.3, 0.4) is 0 Å². The lowest BCUT2D eigenvalue weighted by Gasteiger charge is -2.31. The third-order valence-electron chi connectivity index (χ3n) is 4.38. The molecule has 1 aliphatic heterocycles. The number of ether oxygens (including phenoxy) is 1. The lowest BCUT2D eigenvalue weighted by molar-refractivity contribution is 0.0434. The molecule has 2 aromatic rings. The van der Waals surface area contributed by atoms with E-state index >= 15 is 0 Å². The SMILES string of the molecule is COC1CCCN(C(=O)NCc2cn(C)nc2-c2ccccc2)C1. The Balaban J connectivity index is 1.66. The van der Waals surface area contributed by atoms with Gasteiger partial charge in [-0.15, -0.1) is 0 Å². The van der Waals surface area contributed by atoms with Gasteiger partial charge in [-0.05, 0) is 12.8 Å². The van der Waals surface area contributed by atoms with Crippen molar-refractivity contribution in [2.75, 3.05) is 20.2 Å². The standard InChI is InChI=1S/C18H24N4O2/c1-21-12-15(17(20-21)14-7-4-3-5-8-14)11-19-18(23)22-10-6-9-16(13-22)24-2/h3-5,7-8,12,16H,6,9-11,13H2,1-2H3,(H,19,23). The van der Waals surface area contributed by atoms with Crippen molar-refractivity contribution in [2.45, 2.75) is 25.5 Å². The molecule has 1 aromatic carbocycles. The highest BCUT2D eigenvalue weighted by atomic mass is 16.5. The average Bonchev–Trinajstić information content (AvgIpc) is 3.01. The Bertz CT molecular complexity index is 684. The van der Waals surface area contributed by atoms with Gasteiger partial charge in [0.1, 0.15) is 0 Å². The van der Waals surface area contributed by atoms with E-state index in [-0.39, 0.29) is 12.1 Å². The molecule has 1 saturated heterocycles. The molecule has 2 heterocycles. The van der Waals surface area contributed by atoms with E-state index in [4.69, 9.17) is 4.74 Å². The van der Waals surface area contributed by atoms with Crippen molar-refractivity contribution in [1.82, 2.24) is 20.0 Å². The van der Waals surface area contributed by atoms with Gasteiger partial charge < -0.3 is 15.0 Å². The molecule has 1 fully saturated rings. The molecule has 1 unspecified atom stereocenters. The Hall–Kier alpha value is -2.34. The van der Waals surface area contributed by atoms with E-state index in [0.717, 1.165) is 36.2 Å². The van der Waals surface area contributed by atoms with E-state index in [9.17, 15) is 4.79 Å². The Labute approximate surface area is 142 Å². The molecule has 0 aliphatic carbocycles. The first kappa shape index (κ1) is 16.5. The number of hydrogen-bond acceptors (Lipinski definition) is 3. The first-order valence-electron chi connectivity index (χ1n) is 8.31. The summed E-state index contributed by atoms with van der Waals surface area (Å²) in [6.45, 7) is 1.90. The minimum absolute atomic E-state index is 0.0420. The van der Waals surface area contributed by atoms with Gasteiger partial charge in [-0.1, -0.05) is 30.3 Å². The molecule has 1 aliphatic rings. The van der Waals surface area contributed by atoms with Crippen LogP contribution < -0.4 is 5.32 Å². The smallest absolute Gasteiger partial charge is 0.317 e. The third kappa shape index (κ3) is 3.76. The molecule has 2 amide bonds. The van der Waals surface area contributed by atoms with Gasteiger partial charge in [0.05, 0.1) is 11.8 Å². The summed E-state index contributed by atoms with van der Waals surface area (Å²) in [5.74, 6) is 0. The van der Waals surface area contributed by atoms with Crippen LogP contribution in [-0.4, -0.2) is 47.0 Å². The summed E-state index contributed by atoms with van der Waals surface area (Å²) in [5, 5.41) is 7.54. The number of carbonyl (C=O) groups excluding carboxylic acids is 1. The van der Waals surface area contributed by atoms with Gasteiger partial charge in [0.2, 0.25) is 0 Å². The minimum atomic E-state index is -0.0420. The number of carbonyl (C=O) groups is 1. The van der Waals surface area contributed by atoms with Crippen molar-refractivity contribution in [2.24, 2.45) is 7.05 Å². The summed E-state index contributed by atoms with van der Waals surface area (Å²) >= 11 is 0. The highest BCUT2D eigenvalue weighted by molar-refractivity contribution is 5.74. The number of piperidine rings is 1. The lowest BCUT2D eigenvalue weighted by Crippen LogP contribution is -2.47.